The lowest BCUT2D eigenvalue weighted by molar-refractivity contribution is -0.129. The second-order valence-electron chi connectivity index (χ2n) is 8.13. The molecule has 0 aromatic heterocycles. The van der Waals surface area contributed by atoms with E-state index in [1.165, 1.54) is 0 Å². The van der Waals surface area contributed by atoms with E-state index in [9.17, 15) is 9.59 Å². The summed E-state index contributed by atoms with van der Waals surface area (Å²) in [5, 5.41) is 2.86. The standard InChI is InChI=1S/C28H31N3O2/c1-4-17-29-28(33)31(21-25-12-8-9-22(2)18-25)26-15-13-23(14-16-26)19-27(32)30(3)20-24-10-6-5-7-11-24/h4-16,18H,1,17,19-21H2,2-3H3,(H,29,33). The number of anilines is 1. The lowest BCUT2D eigenvalue weighted by Gasteiger charge is -2.24. The van der Waals surface area contributed by atoms with Crippen LogP contribution in [-0.2, 0) is 24.3 Å². The molecule has 170 valence electrons. The average Bonchev–Trinajstić information content (AvgIpc) is 2.82. The van der Waals surface area contributed by atoms with Crippen LogP contribution in [0.4, 0.5) is 10.5 Å². The molecule has 0 fully saturated rings. The Morgan fingerprint density at radius 3 is 2.24 bits per heavy atom. The highest BCUT2D eigenvalue weighted by Gasteiger charge is 2.17. The molecule has 0 atom stereocenters. The molecular weight excluding hydrogens is 410 g/mol. The van der Waals surface area contributed by atoms with Crippen molar-refractivity contribution in [2.45, 2.75) is 26.4 Å². The first-order chi connectivity index (χ1) is 16.0. The minimum atomic E-state index is -0.192. The smallest absolute Gasteiger partial charge is 0.322 e. The van der Waals surface area contributed by atoms with Gasteiger partial charge in [-0.15, -0.1) is 6.58 Å². The molecule has 33 heavy (non-hydrogen) atoms. The van der Waals surface area contributed by atoms with Crippen LogP contribution in [0, 0.1) is 6.92 Å². The van der Waals surface area contributed by atoms with Gasteiger partial charge in [-0.1, -0.05) is 78.4 Å². The Kier molecular flexibility index (Phi) is 8.42. The number of urea groups is 1. The van der Waals surface area contributed by atoms with Crippen molar-refractivity contribution in [1.29, 1.82) is 0 Å². The van der Waals surface area contributed by atoms with Crippen molar-refractivity contribution in [3.8, 4) is 0 Å². The second kappa shape index (κ2) is 11.7. The highest BCUT2D eigenvalue weighted by molar-refractivity contribution is 5.92. The van der Waals surface area contributed by atoms with Crippen LogP contribution in [0.1, 0.15) is 22.3 Å². The monoisotopic (exact) mass is 441 g/mol. The molecule has 1 N–H and O–H groups in total. The van der Waals surface area contributed by atoms with Crippen molar-refractivity contribution < 1.29 is 9.59 Å². The van der Waals surface area contributed by atoms with Gasteiger partial charge in [-0.3, -0.25) is 9.69 Å². The number of nitrogens with one attached hydrogen (secondary N) is 1. The third kappa shape index (κ3) is 7.07. The first-order valence-electron chi connectivity index (χ1n) is 11.0. The first-order valence-corrected chi connectivity index (χ1v) is 11.0. The van der Waals surface area contributed by atoms with E-state index in [0.717, 1.165) is 27.9 Å². The number of rotatable bonds is 9. The van der Waals surface area contributed by atoms with E-state index < -0.39 is 0 Å². The minimum Gasteiger partial charge on any atom is -0.341 e. The van der Waals surface area contributed by atoms with E-state index in [1.807, 2.05) is 86.8 Å². The van der Waals surface area contributed by atoms with E-state index in [0.29, 0.717) is 26.1 Å². The normalized spacial score (nSPS) is 10.4. The van der Waals surface area contributed by atoms with Crippen LogP contribution < -0.4 is 10.2 Å². The summed E-state index contributed by atoms with van der Waals surface area (Å²) in [4.78, 5) is 28.9. The highest BCUT2D eigenvalue weighted by atomic mass is 16.2. The van der Waals surface area contributed by atoms with Crippen LogP contribution in [0.2, 0.25) is 0 Å². The molecule has 0 unspecified atom stereocenters. The van der Waals surface area contributed by atoms with Crippen molar-refractivity contribution in [2.75, 3.05) is 18.5 Å². The van der Waals surface area contributed by atoms with Gasteiger partial charge in [0.25, 0.3) is 0 Å². The third-order valence-corrected chi connectivity index (χ3v) is 5.36. The van der Waals surface area contributed by atoms with Gasteiger partial charge in [0.2, 0.25) is 5.91 Å². The molecule has 5 heteroatoms. The Bertz CT molecular complexity index is 1080. The van der Waals surface area contributed by atoms with Gasteiger partial charge in [0, 0.05) is 25.8 Å². The topological polar surface area (TPSA) is 52.7 Å². The number of hydrogen-bond donors (Lipinski definition) is 1. The molecule has 5 nitrogen and oxygen atoms in total. The Labute approximate surface area is 196 Å². The van der Waals surface area contributed by atoms with E-state index >= 15 is 0 Å². The number of benzene rings is 3. The van der Waals surface area contributed by atoms with Gasteiger partial charge >= 0.3 is 6.03 Å². The number of hydrogen-bond acceptors (Lipinski definition) is 2. The predicted molar refractivity (Wildman–Crippen MR) is 134 cm³/mol. The van der Waals surface area contributed by atoms with Crippen molar-refractivity contribution in [2.24, 2.45) is 0 Å². The van der Waals surface area contributed by atoms with Gasteiger partial charge in [0.05, 0.1) is 13.0 Å². The van der Waals surface area contributed by atoms with Crippen molar-refractivity contribution >= 4 is 17.6 Å². The summed E-state index contributed by atoms with van der Waals surface area (Å²) in [5.41, 5.74) is 4.97. The molecule has 0 spiro atoms. The number of carbonyl (C=O) groups excluding carboxylic acids is 2. The van der Waals surface area contributed by atoms with E-state index in [-0.39, 0.29) is 11.9 Å². The quantitative estimate of drug-likeness (QED) is 0.470. The molecule has 0 aliphatic carbocycles. The Hall–Kier alpha value is -3.86. The van der Waals surface area contributed by atoms with E-state index in [1.54, 1.807) is 15.9 Å². The zero-order chi connectivity index (χ0) is 23.6. The molecule has 0 radical (unpaired) electrons. The van der Waals surface area contributed by atoms with Crippen molar-refractivity contribution in [1.82, 2.24) is 10.2 Å². The largest absolute Gasteiger partial charge is 0.341 e. The van der Waals surface area contributed by atoms with Gasteiger partial charge in [-0.25, -0.2) is 4.79 Å². The zero-order valence-corrected chi connectivity index (χ0v) is 19.3. The average molecular weight is 442 g/mol. The molecule has 0 saturated carbocycles. The predicted octanol–water partition coefficient (Wildman–Crippen LogP) is 5.10. The van der Waals surface area contributed by atoms with Crippen molar-refractivity contribution in [3.05, 3.63) is 114 Å². The van der Waals surface area contributed by atoms with Crippen LogP contribution in [0.3, 0.4) is 0 Å². The second-order valence-corrected chi connectivity index (χ2v) is 8.13. The Balaban J connectivity index is 1.70. The molecule has 0 aliphatic rings. The number of nitrogens with zero attached hydrogens (tertiary/aromatic N) is 2. The summed E-state index contributed by atoms with van der Waals surface area (Å²) in [6, 6.07) is 25.5. The van der Waals surface area contributed by atoms with Crippen LogP contribution in [0.5, 0.6) is 0 Å². The van der Waals surface area contributed by atoms with Crippen LogP contribution in [0.15, 0.2) is 91.5 Å². The molecule has 0 saturated heterocycles. The number of aryl methyl sites for hydroxylation is 1. The Morgan fingerprint density at radius 1 is 0.879 bits per heavy atom. The van der Waals surface area contributed by atoms with Gasteiger partial charge in [0.15, 0.2) is 0 Å². The summed E-state index contributed by atoms with van der Waals surface area (Å²) in [6.45, 7) is 7.12. The van der Waals surface area contributed by atoms with Gasteiger partial charge in [-0.2, -0.15) is 0 Å². The summed E-state index contributed by atoms with van der Waals surface area (Å²) < 4.78 is 0. The third-order valence-electron chi connectivity index (χ3n) is 5.36. The maximum absolute atomic E-state index is 12.8. The molecular formula is C28H31N3O2. The minimum absolute atomic E-state index is 0.0481. The lowest BCUT2D eigenvalue weighted by atomic mass is 10.1. The summed E-state index contributed by atoms with van der Waals surface area (Å²) >= 11 is 0. The number of amides is 3. The fourth-order valence-corrected chi connectivity index (χ4v) is 3.58. The molecule has 3 aromatic rings. The highest BCUT2D eigenvalue weighted by Crippen LogP contribution is 2.20. The lowest BCUT2D eigenvalue weighted by Crippen LogP contribution is -2.39. The molecule has 3 rings (SSSR count). The summed E-state index contributed by atoms with van der Waals surface area (Å²) in [6.07, 6.45) is 1.97. The Morgan fingerprint density at radius 2 is 1.58 bits per heavy atom. The van der Waals surface area contributed by atoms with Gasteiger partial charge in [0.1, 0.15) is 0 Å². The van der Waals surface area contributed by atoms with Crippen LogP contribution in [-0.4, -0.2) is 30.4 Å². The van der Waals surface area contributed by atoms with Gasteiger partial charge in [-0.05, 0) is 35.7 Å². The molecule has 3 aromatic carbocycles. The molecule has 3 amide bonds. The molecule has 0 aliphatic heterocycles. The first kappa shape index (κ1) is 23.8. The SMILES string of the molecule is C=CCNC(=O)N(Cc1cccc(C)c1)c1ccc(CC(=O)N(C)Cc2ccccc2)cc1. The molecule has 0 heterocycles. The number of likely N-dealkylation sites (N-methyl/N-ethyl adjacent to an activating group) is 1. The summed E-state index contributed by atoms with van der Waals surface area (Å²) in [7, 11) is 1.82. The summed E-state index contributed by atoms with van der Waals surface area (Å²) in [5.74, 6) is 0.0481. The van der Waals surface area contributed by atoms with Gasteiger partial charge < -0.3 is 10.2 Å². The fraction of sp³-hybridized carbons (Fsp3) is 0.214. The maximum atomic E-state index is 12.8. The maximum Gasteiger partial charge on any atom is 0.322 e. The van der Waals surface area contributed by atoms with Crippen LogP contribution >= 0.6 is 0 Å². The fourth-order valence-electron chi connectivity index (χ4n) is 3.58. The van der Waals surface area contributed by atoms with Crippen molar-refractivity contribution in [3.63, 3.8) is 0 Å². The number of carbonyl (C=O) groups is 2. The van der Waals surface area contributed by atoms with E-state index in [4.69, 9.17) is 0 Å². The molecule has 0 bridgehead atoms. The van der Waals surface area contributed by atoms with E-state index in [2.05, 4.69) is 18.0 Å². The zero-order valence-electron chi connectivity index (χ0n) is 19.3. The van der Waals surface area contributed by atoms with Crippen LogP contribution in [0.25, 0.3) is 0 Å².